The summed E-state index contributed by atoms with van der Waals surface area (Å²) in [6, 6.07) is 56.7. The highest BCUT2D eigenvalue weighted by atomic mass is 16.7. The molecular weight excluding hydrogens is 851 g/mol. The van der Waals surface area contributed by atoms with Crippen LogP contribution in [-0.4, -0.2) is 84.1 Å². The standard InChI is InChI=1S/C54H57N3O10/c55-57-56-45-49(62-33-40-23-11-3-12-24-40)48(61-32-39-21-9-2-10-22-39)44(37-60-31-38-19-7-1-8-20-38)66-54(45)67-51-47(59)46(58)50(63-34-41-25-13-4-14-26-41)52(64-35-42-27-15-5-16-28-42)53(51)65-36-43-29-17-6-18-30-43/h1-30,44-54,58-59H,31-37H2/t44?,45?,46-,47?,48+,49-,50?,51+,52?,53+,54?/m0/s1. The van der Waals surface area contributed by atoms with Crippen LogP contribution in [0.3, 0.4) is 0 Å². The minimum absolute atomic E-state index is 0.0321. The Hall–Kier alpha value is -5.77. The van der Waals surface area contributed by atoms with Crippen molar-refractivity contribution < 1.29 is 48.1 Å². The van der Waals surface area contributed by atoms with Gasteiger partial charge in [-0.05, 0) is 38.9 Å². The van der Waals surface area contributed by atoms with Gasteiger partial charge in [0.25, 0.3) is 0 Å². The lowest BCUT2D eigenvalue weighted by atomic mass is 9.83. The normalized spacial score (nSPS) is 26.1. The van der Waals surface area contributed by atoms with Crippen LogP contribution in [0.5, 0.6) is 0 Å². The highest BCUT2D eigenvalue weighted by Gasteiger charge is 2.56. The monoisotopic (exact) mass is 907 g/mol. The van der Waals surface area contributed by atoms with Gasteiger partial charge in [0, 0.05) is 4.91 Å². The Labute approximate surface area is 391 Å². The van der Waals surface area contributed by atoms with E-state index in [1.807, 2.05) is 182 Å². The van der Waals surface area contributed by atoms with E-state index in [-0.39, 0.29) is 46.2 Å². The SMILES string of the molecule is [N-]=[N+]=NC1C(O[C@@H]2C(O)[C@H](O)C(OCc3ccccc3)C(OCc3ccccc3)[C@@H]2OCc2ccccc2)OC(COCc2ccccc2)[C@@H](OCc2ccccc2)[C@H]1OCc1ccccc1. The molecule has 0 radical (unpaired) electrons. The number of azide groups is 1. The zero-order valence-electron chi connectivity index (χ0n) is 37.1. The lowest BCUT2D eigenvalue weighted by Gasteiger charge is -2.50. The average molecular weight is 908 g/mol. The van der Waals surface area contributed by atoms with Gasteiger partial charge in [0.05, 0.1) is 46.2 Å². The lowest BCUT2D eigenvalue weighted by molar-refractivity contribution is -0.335. The number of hydrogen-bond donors (Lipinski definition) is 2. The van der Waals surface area contributed by atoms with Gasteiger partial charge in [0.2, 0.25) is 0 Å². The summed E-state index contributed by atoms with van der Waals surface area (Å²) in [6.07, 6.45) is -11.6. The molecule has 1 aliphatic heterocycles. The van der Waals surface area contributed by atoms with Crippen LogP contribution in [-0.2, 0) is 77.5 Å². The molecule has 67 heavy (non-hydrogen) atoms. The maximum atomic E-state index is 12.3. The van der Waals surface area contributed by atoms with Crippen LogP contribution in [0.1, 0.15) is 33.4 Å². The summed E-state index contributed by atoms with van der Waals surface area (Å²) in [6.45, 7) is 1.00. The van der Waals surface area contributed by atoms with E-state index in [1.165, 1.54) is 0 Å². The van der Waals surface area contributed by atoms with Gasteiger partial charge >= 0.3 is 0 Å². The number of benzene rings is 6. The van der Waals surface area contributed by atoms with Gasteiger partial charge in [-0.25, -0.2) is 0 Å². The number of ether oxygens (including phenoxy) is 8. The minimum atomic E-state index is -1.60. The second kappa shape index (κ2) is 24.8. The molecule has 2 fully saturated rings. The molecular formula is C54H57N3O10. The van der Waals surface area contributed by atoms with Crippen molar-refractivity contribution in [1.82, 2.24) is 0 Å². The summed E-state index contributed by atoms with van der Waals surface area (Å²) >= 11 is 0. The Bertz CT molecular complexity index is 2370. The fraction of sp³-hybridized carbons (Fsp3) is 0.333. The van der Waals surface area contributed by atoms with Crippen molar-refractivity contribution in [2.24, 2.45) is 5.11 Å². The number of nitrogens with zero attached hydrogens (tertiary/aromatic N) is 3. The van der Waals surface area contributed by atoms with Crippen LogP contribution < -0.4 is 0 Å². The van der Waals surface area contributed by atoms with Crippen molar-refractivity contribution in [2.75, 3.05) is 6.61 Å². The number of rotatable bonds is 22. The molecule has 13 heteroatoms. The molecule has 2 N–H and O–H groups in total. The van der Waals surface area contributed by atoms with Crippen LogP contribution in [0, 0.1) is 0 Å². The van der Waals surface area contributed by atoms with Gasteiger partial charge in [-0.3, -0.25) is 0 Å². The van der Waals surface area contributed by atoms with Crippen molar-refractivity contribution in [2.45, 2.75) is 107 Å². The molecule has 11 atom stereocenters. The fourth-order valence-electron chi connectivity index (χ4n) is 8.45. The molecule has 0 bridgehead atoms. The van der Waals surface area contributed by atoms with Crippen LogP contribution in [0.4, 0.5) is 0 Å². The Morgan fingerprint density at radius 3 is 1.15 bits per heavy atom. The van der Waals surface area contributed by atoms with Crippen LogP contribution in [0.15, 0.2) is 187 Å². The van der Waals surface area contributed by atoms with Crippen LogP contribution in [0.25, 0.3) is 10.4 Å². The summed E-state index contributed by atoms with van der Waals surface area (Å²) in [5, 5.41) is 28.7. The molecule has 6 unspecified atom stereocenters. The molecule has 0 amide bonds. The van der Waals surface area contributed by atoms with Gasteiger partial charge < -0.3 is 48.1 Å². The molecule has 2 aliphatic rings. The van der Waals surface area contributed by atoms with E-state index in [2.05, 4.69) is 10.0 Å². The molecule has 13 nitrogen and oxygen atoms in total. The van der Waals surface area contributed by atoms with Gasteiger partial charge in [-0.15, -0.1) is 0 Å². The quantitative estimate of drug-likeness (QED) is 0.0383. The zero-order chi connectivity index (χ0) is 46.0. The van der Waals surface area contributed by atoms with Gasteiger partial charge in [-0.2, -0.15) is 0 Å². The van der Waals surface area contributed by atoms with Crippen molar-refractivity contribution in [3.05, 3.63) is 226 Å². The summed E-state index contributed by atoms with van der Waals surface area (Å²) in [5.74, 6) is 0. The number of aliphatic hydroxyl groups is 2. The predicted molar refractivity (Wildman–Crippen MR) is 250 cm³/mol. The van der Waals surface area contributed by atoms with Crippen LogP contribution in [0.2, 0.25) is 0 Å². The van der Waals surface area contributed by atoms with E-state index in [0.717, 1.165) is 33.4 Å². The first-order valence-corrected chi connectivity index (χ1v) is 22.6. The molecule has 1 aliphatic carbocycles. The molecule has 8 rings (SSSR count). The Morgan fingerprint density at radius 2 is 0.746 bits per heavy atom. The first kappa shape index (κ1) is 47.7. The highest BCUT2D eigenvalue weighted by molar-refractivity contribution is 5.19. The smallest absolute Gasteiger partial charge is 0.169 e. The molecule has 6 aromatic rings. The van der Waals surface area contributed by atoms with Gasteiger partial charge in [0.1, 0.15) is 61.0 Å². The summed E-state index contributed by atoms with van der Waals surface area (Å²) in [5.41, 5.74) is 15.6. The van der Waals surface area contributed by atoms with Gasteiger partial charge in [-0.1, -0.05) is 187 Å². The van der Waals surface area contributed by atoms with E-state index < -0.39 is 67.3 Å². The van der Waals surface area contributed by atoms with Crippen LogP contribution >= 0.6 is 0 Å². The highest BCUT2D eigenvalue weighted by Crippen LogP contribution is 2.37. The second-order valence-electron chi connectivity index (χ2n) is 16.6. The topological polar surface area (TPSA) is 163 Å². The van der Waals surface area contributed by atoms with Crippen molar-refractivity contribution >= 4 is 0 Å². The molecule has 0 aromatic heterocycles. The third-order valence-electron chi connectivity index (χ3n) is 11.9. The predicted octanol–water partition coefficient (Wildman–Crippen LogP) is 8.65. The first-order chi connectivity index (χ1) is 33.0. The van der Waals surface area contributed by atoms with Crippen molar-refractivity contribution in [1.29, 1.82) is 0 Å². The summed E-state index contributed by atoms with van der Waals surface area (Å²) in [7, 11) is 0. The third-order valence-corrected chi connectivity index (χ3v) is 11.9. The van der Waals surface area contributed by atoms with E-state index in [9.17, 15) is 15.7 Å². The molecule has 1 heterocycles. The van der Waals surface area contributed by atoms with E-state index in [4.69, 9.17) is 37.9 Å². The number of hydrogen-bond acceptors (Lipinski definition) is 11. The maximum absolute atomic E-state index is 12.3. The largest absolute Gasteiger partial charge is 0.387 e. The molecule has 6 aromatic carbocycles. The van der Waals surface area contributed by atoms with E-state index >= 15 is 0 Å². The Kier molecular flexibility index (Phi) is 17.7. The molecule has 348 valence electrons. The van der Waals surface area contributed by atoms with Crippen molar-refractivity contribution in [3.63, 3.8) is 0 Å². The Balaban J connectivity index is 1.15. The van der Waals surface area contributed by atoms with E-state index in [0.29, 0.717) is 0 Å². The number of aliphatic hydroxyl groups excluding tert-OH is 2. The van der Waals surface area contributed by atoms with E-state index in [1.54, 1.807) is 0 Å². The fourth-order valence-corrected chi connectivity index (χ4v) is 8.45. The van der Waals surface area contributed by atoms with Crippen molar-refractivity contribution in [3.8, 4) is 0 Å². The van der Waals surface area contributed by atoms with Gasteiger partial charge in [0.15, 0.2) is 6.29 Å². The molecule has 1 saturated carbocycles. The zero-order valence-corrected chi connectivity index (χ0v) is 37.1. The first-order valence-electron chi connectivity index (χ1n) is 22.6. The summed E-state index contributed by atoms with van der Waals surface area (Å²) in [4.78, 5) is 3.27. The maximum Gasteiger partial charge on any atom is 0.169 e. The lowest BCUT2D eigenvalue weighted by Crippen LogP contribution is -2.68. The molecule has 0 spiro atoms. The summed E-state index contributed by atoms with van der Waals surface area (Å²) < 4.78 is 53.5. The Morgan fingerprint density at radius 1 is 0.418 bits per heavy atom. The third kappa shape index (κ3) is 13.2. The second-order valence-corrected chi connectivity index (χ2v) is 16.6. The minimum Gasteiger partial charge on any atom is -0.387 e. The average Bonchev–Trinajstić information content (AvgIpc) is 3.38. The molecule has 1 saturated heterocycles.